The molecule has 0 unspecified atom stereocenters. The number of pyridine rings is 1. The van der Waals surface area contributed by atoms with E-state index in [2.05, 4.69) is 17.6 Å². The van der Waals surface area contributed by atoms with Crippen LogP contribution in [0.5, 0.6) is 5.75 Å². The molecular formula is C14H16N2O3S. The highest BCUT2D eigenvalue weighted by atomic mass is 32.1. The van der Waals surface area contributed by atoms with Crippen LogP contribution in [0.1, 0.15) is 13.8 Å². The standard InChI is InChI=1S/C14H16N2O3S/c1-14(2,9-20)8-19-12-6-5-11(16(17)18)13-10(12)4-3-7-15-13/h3-7,20H,8-9H2,1-2H3. The number of nitrogens with zero attached hydrogens (tertiary/aromatic N) is 2. The predicted octanol–water partition coefficient (Wildman–Crippen LogP) is 3.48. The SMILES string of the molecule is CC(C)(CS)COc1ccc([N+](=O)[O-])c2ncccc12. The molecule has 0 bridgehead atoms. The van der Waals surface area contributed by atoms with E-state index < -0.39 is 4.92 Å². The minimum absolute atomic E-state index is 0.0126. The molecule has 1 heterocycles. The van der Waals surface area contributed by atoms with Gasteiger partial charge in [-0.3, -0.25) is 10.1 Å². The summed E-state index contributed by atoms with van der Waals surface area (Å²) >= 11 is 4.28. The van der Waals surface area contributed by atoms with Gasteiger partial charge in [-0.05, 0) is 24.0 Å². The number of benzene rings is 1. The first kappa shape index (κ1) is 14.6. The molecular weight excluding hydrogens is 276 g/mol. The van der Waals surface area contributed by atoms with E-state index in [9.17, 15) is 10.1 Å². The van der Waals surface area contributed by atoms with E-state index in [0.29, 0.717) is 29.0 Å². The van der Waals surface area contributed by atoms with Crippen LogP contribution in [0.2, 0.25) is 0 Å². The van der Waals surface area contributed by atoms with Crippen molar-refractivity contribution in [2.24, 2.45) is 5.41 Å². The number of hydrogen-bond donors (Lipinski definition) is 1. The maximum atomic E-state index is 11.0. The van der Waals surface area contributed by atoms with Crippen LogP contribution in [-0.4, -0.2) is 22.3 Å². The van der Waals surface area contributed by atoms with Crippen molar-refractivity contribution in [3.05, 3.63) is 40.6 Å². The lowest BCUT2D eigenvalue weighted by molar-refractivity contribution is -0.383. The molecule has 5 nitrogen and oxygen atoms in total. The highest BCUT2D eigenvalue weighted by Gasteiger charge is 2.20. The molecule has 1 aromatic carbocycles. The summed E-state index contributed by atoms with van der Waals surface area (Å²) in [7, 11) is 0. The lowest BCUT2D eigenvalue weighted by Crippen LogP contribution is -2.23. The molecule has 0 aliphatic rings. The Bertz CT molecular complexity index is 643. The molecule has 2 rings (SSSR count). The zero-order valence-corrected chi connectivity index (χ0v) is 12.3. The highest BCUT2D eigenvalue weighted by molar-refractivity contribution is 7.80. The second kappa shape index (κ2) is 5.66. The highest BCUT2D eigenvalue weighted by Crippen LogP contribution is 2.32. The molecule has 106 valence electrons. The van der Waals surface area contributed by atoms with E-state index in [1.807, 2.05) is 13.8 Å². The lowest BCUT2D eigenvalue weighted by Gasteiger charge is -2.22. The van der Waals surface area contributed by atoms with Gasteiger partial charge in [-0.15, -0.1) is 0 Å². The molecule has 0 N–H and O–H groups in total. The number of nitro groups is 1. The monoisotopic (exact) mass is 292 g/mol. The number of nitro benzene ring substituents is 1. The Kier molecular flexibility index (Phi) is 4.13. The topological polar surface area (TPSA) is 65.3 Å². The van der Waals surface area contributed by atoms with Crippen LogP contribution in [0.25, 0.3) is 10.9 Å². The van der Waals surface area contributed by atoms with Crippen LogP contribution >= 0.6 is 12.6 Å². The average molecular weight is 292 g/mol. The van der Waals surface area contributed by atoms with Gasteiger partial charge in [0, 0.05) is 23.1 Å². The molecule has 0 saturated carbocycles. The fourth-order valence-electron chi connectivity index (χ4n) is 1.72. The molecule has 0 radical (unpaired) electrons. The van der Waals surface area contributed by atoms with Gasteiger partial charge in [0.15, 0.2) is 5.52 Å². The van der Waals surface area contributed by atoms with Crippen molar-refractivity contribution in [2.45, 2.75) is 13.8 Å². The van der Waals surface area contributed by atoms with Crippen LogP contribution in [0.3, 0.4) is 0 Å². The Balaban J connectivity index is 2.41. The third-order valence-corrected chi connectivity index (χ3v) is 3.81. The van der Waals surface area contributed by atoms with E-state index in [1.54, 1.807) is 18.2 Å². The molecule has 0 saturated heterocycles. The van der Waals surface area contributed by atoms with E-state index in [0.717, 1.165) is 0 Å². The Morgan fingerprint density at radius 2 is 2.15 bits per heavy atom. The second-order valence-electron chi connectivity index (χ2n) is 5.35. The van der Waals surface area contributed by atoms with Crippen LogP contribution in [0.15, 0.2) is 30.5 Å². The first-order chi connectivity index (χ1) is 9.44. The second-order valence-corrected chi connectivity index (χ2v) is 5.67. The summed E-state index contributed by atoms with van der Waals surface area (Å²) in [6, 6.07) is 6.57. The summed E-state index contributed by atoms with van der Waals surface area (Å²) < 4.78 is 5.80. The number of ether oxygens (including phenoxy) is 1. The van der Waals surface area contributed by atoms with Gasteiger partial charge in [0.2, 0.25) is 0 Å². The fraction of sp³-hybridized carbons (Fsp3) is 0.357. The van der Waals surface area contributed by atoms with Crippen LogP contribution in [-0.2, 0) is 0 Å². The average Bonchev–Trinajstić information content (AvgIpc) is 2.44. The lowest BCUT2D eigenvalue weighted by atomic mass is 9.98. The Labute approximate surface area is 122 Å². The van der Waals surface area contributed by atoms with Crippen molar-refractivity contribution in [3.8, 4) is 5.75 Å². The van der Waals surface area contributed by atoms with Crippen molar-refractivity contribution in [1.29, 1.82) is 0 Å². The van der Waals surface area contributed by atoms with Crippen molar-refractivity contribution >= 4 is 29.2 Å². The molecule has 0 amide bonds. The van der Waals surface area contributed by atoms with E-state index in [1.165, 1.54) is 12.3 Å². The molecule has 6 heteroatoms. The Morgan fingerprint density at radius 1 is 1.40 bits per heavy atom. The van der Waals surface area contributed by atoms with Crippen LogP contribution < -0.4 is 4.74 Å². The van der Waals surface area contributed by atoms with Gasteiger partial charge < -0.3 is 4.74 Å². The summed E-state index contributed by atoms with van der Waals surface area (Å²) in [5, 5.41) is 11.7. The van der Waals surface area contributed by atoms with Gasteiger partial charge in [-0.1, -0.05) is 13.8 Å². The number of rotatable bonds is 5. The Morgan fingerprint density at radius 3 is 2.80 bits per heavy atom. The normalized spacial score (nSPS) is 11.6. The zero-order chi connectivity index (χ0) is 14.8. The zero-order valence-electron chi connectivity index (χ0n) is 11.4. The first-order valence-electron chi connectivity index (χ1n) is 6.20. The molecule has 0 atom stereocenters. The van der Waals surface area contributed by atoms with Gasteiger partial charge in [-0.2, -0.15) is 12.6 Å². The van der Waals surface area contributed by atoms with Crippen LogP contribution in [0, 0.1) is 15.5 Å². The van der Waals surface area contributed by atoms with Gasteiger partial charge in [0.25, 0.3) is 5.69 Å². The van der Waals surface area contributed by atoms with Gasteiger partial charge >= 0.3 is 0 Å². The molecule has 1 aromatic heterocycles. The van der Waals surface area contributed by atoms with E-state index >= 15 is 0 Å². The molecule has 0 spiro atoms. The molecule has 0 aliphatic carbocycles. The van der Waals surface area contributed by atoms with Crippen molar-refractivity contribution in [2.75, 3.05) is 12.4 Å². The Hall–Kier alpha value is -1.82. The number of fused-ring (bicyclic) bond motifs is 1. The summed E-state index contributed by atoms with van der Waals surface area (Å²) in [5.74, 6) is 1.30. The maximum absolute atomic E-state index is 11.0. The molecule has 20 heavy (non-hydrogen) atoms. The minimum atomic E-state index is -0.434. The minimum Gasteiger partial charge on any atom is -0.492 e. The van der Waals surface area contributed by atoms with Crippen molar-refractivity contribution in [3.63, 3.8) is 0 Å². The summed E-state index contributed by atoms with van der Waals surface area (Å²) in [6.07, 6.45) is 1.54. The molecule has 0 aliphatic heterocycles. The van der Waals surface area contributed by atoms with E-state index in [-0.39, 0.29) is 11.1 Å². The van der Waals surface area contributed by atoms with Crippen molar-refractivity contribution < 1.29 is 9.66 Å². The molecule has 2 aromatic rings. The number of thiol groups is 1. The fourth-order valence-corrected chi connectivity index (χ4v) is 1.81. The summed E-state index contributed by atoms with van der Waals surface area (Å²) in [5.41, 5.74) is 0.263. The van der Waals surface area contributed by atoms with Gasteiger partial charge in [0.05, 0.1) is 11.5 Å². The third-order valence-electron chi connectivity index (χ3n) is 2.95. The number of non-ortho nitro benzene ring substituents is 1. The largest absolute Gasteiger partial charge is 0.492 e. The predicted molar refractivity (Wildman–Crippen MR) is 81.5 cm³/mol. The van der Waals surface area contributed by atoms with Gasteiger partial charge in [-0.25, -0.2) is 4.98 Å². The molecule has 0 fully saturated rings. The smallest absolute Gasteiger partial charge is 0.295 e. The maximum Gasteiger partial charge on any atom is 0.295 e. The summed E-state index contributed by atoms with van der Waals surface area (Å²) in [6.45, 7) is 4.58. The third kappa shape index (κ3) is 3.01. The summed E-state index contributed by atoms with van der Waals surface area (Å²) in [4.78, 5) is 14.7. The van der Waals surface area contributed by atoms with E-state index in [4.69, 9.17) is 4.74 Å². The van der Waals surface area contributed by atoms with Gasteiger partial charge in [0.1, 0.15) is 5.75 Å². The number of hydrogen-bond acceptors (Lipinski definition) is 5. The van der Waals surface area contributed by atoms with Crippen LogP contribution in [0.4, 0.5) is 5.69 Å². The first-order valence-corrected chi connectivity index (χ1v) is 6.84. The van der Waals surface area contributed by atoms with Crippen molar-refractivity contribution in [1.82, 2.24) is 4.98 Å². The quantitative estimate of drug-likeness (QED) is 0.520. The number of aromatic nitrogens is 1.